The van der Waals surface area contributed by atoms with Gasteiger partial charge in [-0.3, -0.25) is 9.59 Å². The molecule has 4 rings (SSSR count). The summed E-state index contributed by atoms with van der Waals surface area (Å²) in [7, 11) is 3.59. The van der Waals surface area contributed by atoms with Gasteiger partial charge < -0.3 is 14.3 Å². The van der Waals surface area contributed by atoms with Crippen molar-refractivity contribution in [1.82, 2.24) is 15.0 Å². The van der Waals surface area contributed by atoms with Gasteiger partial charge in [-0.1, -0.05) is 54.8 Å². The fourth-order valence-electron chi connectivity index (χ4n) is 5.46. The lowest BCUT2D eigenvalue weighted by Gasteiger charge is -2.43. The Morgan fingerprint density at radius 1 is 1.12 bits per heavy atom. The Bertz CT molecular complexity index is 917. The molecule has 1 aromatic heterocycles. The van der Waals surface area contributed by atoms with Crippen molar-refractivity contribution in [3.05, 3.63) is 42.2 Å². The number of hydrogen-bond acceptors (Lipinski definition) is 4. The number of carbonyl (C=O) groups is 2. The zero-order chi connectivity index (χ0) is 22.6. The third-order valence-electron chi connectivity index (χ3n) is 7.12. The molecule has 1 aromatic carbocycles. The predicted octanol–water partition coefficient (Wildman–Crippen LogP) is 4.55. The van der Waals surface area contributed by atoms with Crippen LogP contribution >= 0.6 is 0 Å². The van der Waals surface area contributed by atoms with E-state index in [1.54, 1.807) is 19.0 Å². The third-order valence-corrected chi connectivity index (χ3v) is 7.12. The van der Waals surface area contributed by atoms with E-state index in [4.69, 9.17) is 4.52 Å². The number of likely N-dealkylation sites (tertiary alicyclic amines) is 1. The molecular formula is C26H35N3O3. The molecule has 2 fully saturated rings. The van der Waals surface area contributed by atoms with Crippen LogP contribution in [0.3, 0.4) is 0 Å². The average molecular weight is 438 g/mol. The summed E-state index contributed by atoms with van der Waals surface area (Å²) < 4.78 is 5.67. The molecule has 2 heterocycles. The first-order valence-electron chi connectivity index (χ1n) is 12.0. The minimum atomic E-state index is -0.669. The molecule has 1 aliphatic carbocycles. The molecule has 6 heteroatoms. The summed E-state index contributed by atoms with van der Waals surface area (Å²) in [6.45, 7) is 1.19. The number of benzene rings is 1. The van der Waals surface area contributed by atoms with E-state index in [1.165, 1.54) is 19.3 Å². The molecule has 1 atom stereocenters. The maximum absolute atomic E-state index is 13.4. The van der Waals surface area contributed by atoms with Crippen LogP contribution in [0.15, 0.2) is 40.9 Å². The van der Waals surface area contributed by atoms with Crippen LogP contribution in [0.4, 0.5) is 0 Å². The van der Waals surface area contributed by atoms with Gasteiger partial charge in [0, 0.05) is 51.7 Å². The summed E-state index contributed by atoms with van der Waals surface area (Å²) in [6.07, 6.45) is 8.71. The van der Waals surface area contributed by atoms with Gasteiger partial charge in [-0.15, -0.1) is 0 Å². The molecular weight excluding hydrogens is 402 g/mol. The first-order chi connectivity index (χ1) is 15.5. The van der Waals surface area contributed by atoms with Gasteiger partial charge in [0.2, 0.25) is 11.8 Å². The van der Waals surface area contributed by atoms with Gasteiger partial charge in [-0.05, 0) is 31.6 Å². The number of piperidine rings is 1. The van der Waals surface area contributed by atoms with Gasteiger partial charge in [0.15, 0.2) is 0 Å². The van der Waals surface area contributed by atoms with Gasteiger partial charge in [0.1, 0.15) is 11.5 Å². The average Bonchev–Trinajstić information content (AvgIpc) is 3.28. The van der Waals surface area contributed by atoms with Crippen LogP contribution in [-0.2, 0) is 16.0 Å². The number of hydrogen-bond donors (Lipinski definition) is 0. The standard InChI is InChI=1S/C26H35N3O3/c1-28(2)25(31)26(18-22-17-23(27-32-22)21-12-7-4-8-13-21)14-9-15-29(19-26)24(30)16-20-10-5-3-6-11-20/h4,7-8,12-13,17,20H,3,5-6,9-11,14-16,18-19H2,1-2H3. The minimum absolute atomic E-state index is 0.0605. The largest absolute Gasteiger partial charge is 0.361 e. The highest BCUT2D eigenvalue weighted by molar-refractivity contribution is 5.84. The van der Waals surface area contributed by atoms with E-state index in [9.17, 15) is 9.59 Å². The zero-order valence-corrected chi connectivity index (χ0v) is 19.4. The van der Waals surface area contributed by atoms with Gasteiger partial charge >= 0.3 is 0 Å². The van der Waals surface area contributed by atoms with Gasteiger partial charge in [0.05, 0.1) is 5.41 Å². The van der Waals surface area contributed by atoms with Gasteiger partial charge in [-0.2, -0.15) is 0 Å². The van der Waals surface area contributed by atoms with Crippen LogP contribution in [0, 0.1) is 11.3 Å². The lowest BCUT2D eigenvalue weighted by atomic mass is 9.74. The molecule has 1 unspecified atom stereocenters. The lowest BCUT2D eigenvalue weighted by Crippen LogP contribution is -2.54. The molecule has 0 spiro atoms. The Morgan fingerprint density at radius 2 is 1.88 bits per heavy atom. The van der Waals surface area contributed by atoms with Crippen molar-refractivity contribution in [3.63, 3.8) is 0 Å². The maximum atomic E-state index is 13.4. The third kappa shape index (κ3) is 5.05. The summed E-state index contributed by atoms with van der Waals surface area (Å²) in [5.41, 5.74) is 1.09. The molecule has 1 aliphatic heterocycles. The smallest absolute Gasteiger partial charge is 0.230 e. The second-order valence-electron chi connectivity index (χ2n) is 9.83. The van der Waals surface area contributed by atoms with E-state index < -0.39 is 5.41 Å². The van der Waals surface area contributed by atoms with E-state index in [-0.39, 0.29) is 11.8 Å². The highest BCUT2D eigenvalue weighted by Gasteiger charge is 2.45. The maximum Gasteiger partial charge on any atom is 0.230 e. The first kappa shape index (κ1) is 22.6. The molecule has 172 valence electrons. The van der Waals surface area contributed by atoms with Gasteiger partial charge in [-0.25, -0.2) is 0 Å². The molecule has 1 saturated carbocycles. The molecule has 0 bridgehead atoms. The summed E-state index contributed by atoms with van der Waals surface area (Å²) >= 11 is 0. The van der Waals surface area contributed by atoms with Crippen molar-refractivity contribution < 1.29 is 14.1 Å². The number of aromatic nitrogens is 1. The van der Waals surface area contributed by atoms with Crippen LogP contribution in [0.2, 0.25) is 0 Å². The molecule has 0 radical (unpaired) electrons. The summed E-state index contributed by atoms with van der Waals surface area (Å²) in [5, 5.41) is 4.24. The molecule has 2 aromatic rings. The van der Waals surface area contributed by atoms with E-state index in [0.717, 1.165) is 43.5 Å². The monoisotopic (exact) mass is 437 g/mol. The molecule has 0 N–H and O–H groups in total. The molecule has 2 amide bonds. The fourth-order valence-corrected chi connectivity index (χ4v) is 5.46. The lowest BCUT2D eigenvalue weighted by molar-refractivity contribution is -0.148. The van der Waals surface area contributed by atoms with Crippen LogP contribution in [-0.4, -0.2) is 54.0 Å². The topological polar surface area (TPSA) is 66.7 Å². The second kappa shape index (κ2) is 9.88. The number of amides is 2. The van der Waals surface area contributed by atoms with Crippen molar-refractivity contribution in [3.8, 4) is 11.3 Å². The van der Waals surface area contributed by atoms with E-state index in [0.29, 0.717) is 31.1 Å². The summed E-state index contributed by atoms with van der Waals surface area (Å²) in [6, 6.07) is 11.8. The van der Waals surface area contributed by atoms with Gasteiger partial charge in [0.25, 0.3) is 0 Å². The normalized spacial score (nSPS) is 22.0. The van der Waals surface area contributed by atoms with Crippen molar-refractivity contribution in [2.45, 2.75) is 57.8 Å². The van der Waals surface area contributed by atoms with Crippen LogP contribution in [0.5, 0.6) is 0 Å². The first-order valence-corrected chi connectivity index (χ1v) is 12.0. The van der Waals surface area contributed by atoms with Crippen LogP contribution in [0.25, 0.3) is 11.3 Å². The minimum Gasteiger partial charge on any atom is -0.361 e. The Morgan fingerprint density at radius 3 is 2.59 bits per heavy atom. The number of rotatable bonds is 6. The predicted molar refractivity (Wildman–Crippen MR) is 124 cm³/mol. The second-order valence-corrected chi connectivity index (χ2v) is 9.83. The Kier molecular flexibility index (Phi) is 6.97. The molecule has 6 nitrogen and oxygen atoms in total. The van der Waals surface area contributed by atoms with E-state index >= 15 is 0 Å². The number of nitrogens with zero attached hydrogens (tertiary/aromatic N) is 3. The summed E-state index contributed by atoms with van der Waals surface area (Å²) in [4.78, 5) is 30.1. The zero-order valence-electron chi connectivity index (χ0n) is 19.4. The Hall–Kier alpha value is -2.63. The highest BCUT2D eigenvalue weighted by Crippen LogP contribution is 2.37. The van der Waals surface area contributed by atoms with E-state index in [2.05, 4.69) is 5.16 Å². The highest BCUT2D eigenvalue weighted by atomic mass is 16.5. The van der Waals surface area contributed by atoms with Crippen molar-refractivity contribution in [1.29, 1.82) is 0 Å². The quantitative estimate of drug-likeness (QED) is 0.665. The van der Waals surface area contributed by atoms with Crippen molar-refractivity contribution in [2.24, 2.45) is 11.3 Å². The van der Waals surface area contributed by atoms with Crippen molar-refractivity contribution in [2.75, 3.05) is 27.2 Å². The summed E-state index contributed by atoms with van der Waals surface area (Å²) in [5.74, 6) is 1.46. The molecule has 1 saturated heterocycles. The van der Waals surface area contributed by atoms with Crippen LogP contribution in [0.1, 0.15) is 57.1 Å². The molecule has 2 aliphatic rings. The number of carbonyl (C=O) groups excluding carboxylic acids is 2. The van der Waals surface area contributed by atoms with Crippen molar-refractivity contribution >= 4 is 11.8 Å². The van der Waals surface area contributed by atoms with E-state index in [1.807, 2.05) is 41.3 Å². The SMILES string of the molecule is CN(C)C(=O)C1(Cc2cc(-c3ccccc3)no2)CCCN(C(=O)CC2CCCCC2)C1. The fraction of sp³-hybridized carbons (Fsp3) is 0.577. The Labute approximate surface area is 190 Å². The Balaban J connectivity index is 1.51. The molecule has 32 heavy (non-hydrogen) atoms. The van der Waals surface area contributed by atoms with Crippen LogP contribution < -0.4 is 0 Å².